The first-order chi connectivity index (χ1) is 15.6. The van der Waals surface area contributed by atoms with Crippen LogP contribution in [-0.4, -0.2) is 21.4 Å². The molecule has 0 spiro atoms. The van der Waals surface area contributed by atoms with E-state index in [9.17, 15) is 14.7 Å². The van der Waals surface area contributed by atoms with Crippen LogP contribution in [0.25, 0.3) is 5.69 Å². The van der Waals surface area contributed by atoms with Crippen molar-refractivity contribution < 1.29 is 14.7 Å². The monoisotopic (exact) mass is 422 g/mol. The van der Waals surface area contributed by atoms with E-state index in [0.29, 0.717) is 23.4 Å². The molecule has 1 N–H and O–H groups in total. The maximum absolute atomic E-state index is 13.4. The number of para-hydroxylation sites is 1. The van der Waals surface area contributed by atoms with Crippen molar-refractivity contribution in [3.8, 4) is 5.69 Å². The van der Waals surface area contributed by atoms with Crippen LogP contribution in [0.2, 0.25) is 0 Å². The smallest absolute Gasteiger partial charge is 0.264 e. The molecule has 0 fully saturated rings. The summed E-state index contributed by atoms with van der Waals surface area (Å²) in [7, 11) is 0. The van der Waals surface area contributed by atoms with E-state index < -0.39 is 11.5 Å². The number of nitrogens with zero attached hydrogens (tertiary/aromatic N) is 2. The van der Waals surface area contributed by atoms with Gasteiger partial charge in [0.2, 0.25) is 0 Å². The molecule has 1 amide bonds. The third kappa shape index (κ3) is 3.43. The lowest BCUT2D eigenvalue weighted by Gasteiger charge is -2.23. The van der Waals surface area contributed by atoms with Gasteiger partial charge in [0.15, 0.2) is 11.4 Å². The minimum absolute atomic E-state index is 0.281. The second kappa shape index (κ2) is 7.94. The number of ketones is 1. The molecule has 5 nitrogen and oxygen atoms in total. The van der Waals surface area contributed by atoms with Crippen molar-refractivity contribution in [3.63, 3.8) is 0 Å². The van der Waals surface area contributed by atoms with Gasteiger partial charge < -0.3 is 14.6 Å². The lowest BCUT2D eigenvalue weighted by atomic mass is 9.88. The topological polar surface area (TPSA) is 62.5 Å². The van der Waals surface area contributed by atoms with Gasteiger partial charge in [0.25, 0.3) is 5.91 Å². The summed E-state index contributed by atoms with van der Waals surface area (Å²) in [5, 5.41) is 11.5. The number of amides is 1. The van der Waals surface area contributed by atoms with Crippen LogP contribution in [0.4, 0.5) is 5.69 Å². The van der Waals surface area contributed by atoms with Crippen molar-refractivity contribution in [1.82, 2.24) is 4.57 Å². The number of rotatable bonds is 6. The van der Waals surface area contributed by atoms with Crippen LogP contribution in [0.5, 0.6) is 0 Å². The van der Waals surface area contributed by atoms with Crippen LogP contribution in [0, 0.1) is 0 Å². The van der Waals surface area contributed by atoms with Gasteiger partial charge in [0.05, 0.1) is 18.7 Å². The largest absolute Gasteiger partial charge is 0.375 e. The molecule has 2 heterocycles. The number of aromatic nitrogens is 1. The molecule has 3 aromatic carbocycles. The summed E-state index contributed by atoms with van der Waals surface area (Å²) in [4.78, 5) is 28.0. The molecule has 32 heavy (non-hydrogen) atoms. The minimum atomic E-state index is -1.89. The SMILES string of the molecule is O=C(C[C@@]1(O)C(=O)N(Cc2ccccc2)c2ccccc21)c1ccc(-n2cccc2)cc1. The molecule has 1 aromatic heterocycles. The molecular weight excluding hydrogens is 400 g/mol. The Labute approximate surface area is 186 Å². The Morgan fingerprint density at radius 2 is 1.47 bits per heavy atom. The number of carbonyl (C=O) groups is 2. The van der Waals surface area contributed by atoms with Gasteiger partial charge in [-0.1, -0.05) is 48.5 Å². The first kappa shape index (κ1) is 20.0. The van der Waals surface area contributed by atoms with E-state index in [1.54, 1.807) is 29.2 Å². The average Bonchev–Trinajstić information content (AvgIpc) is 3.43. The quantitative estimate of drug-likeness (QED) is 0.466. The van der Waals surface area contributed by atoms with Crippen molar-refractivity contribution in [1.29, 1.82) is 0 Å². The molecule has 1 aliphatic rings. The van der Waals surface area contributed by atoms with Crippen LogP contribution in [0.3, 0.4) is 0 Å². The molecule has 1 atom stereocenters. The summed E-state index contributed by atoms with van der Waals surface area (Å²) in [6, 6.07) is 27.8. The van der Waals surface area contributed by atoms with Crippen LogP contribution >= 0.6 is 0 Å². The van der Waals surface area contributed by atoms with Crippen molar-refractivity contribution in [2.24, 2.45) is 0 Å². The highest BCUT2D eigenvalue weighted by Gasteiger charge is 2.50. The van der Waals surface area contributed by atoms with E-state index in [4.69, 9.17) is 0 Å². The van der Waals surface area contributed by atoms with E-state index in [1.807, 2.05) is 83.7 Å². The molecule has 0 radical (unpaired) electrons. The number of fused-ring (bicyclic) bond motifs is 1. The number of benzene rings is 3. The molecule has 0 unspecified atom stereocenters. The lowest BCUT2D eigenvalue weighted by Crippen LogP contribution is -2.41. The Balaban J connectivity index is 1.42. The van der Waals surface area contributed by atoms with Crippen LogP contribution in [-0.2, 0) is 16.9 Å². The van der Waals surface area contributed by atoms with Crippen molar-refractivity contribution in [2.75, 3.05) is 4.90 Å². The van der Waals surface area contributed by atoms with Crippen LogP contribution < -0.4 is 4.90 Å². The zero-order valence-electron chi connectivity index (χ0n) is 17.4. The Hall–Kier alpha value is -3.96. The number of hydrogen-bond acceptors (Lipinski definition) is 3. The van der Waals surface area contributed by atoms with Gasteiger partial charge in [0.1, 0.15) is 0 Å². The van der Waals surface area contributed by atoms with Crippen LogP contribution in [0.15, 0.2) is 103 Å². The normalized spacial score (nSPS) is 17.4. The Morgan fingerprint density at radius 1 is 0.812 bits per heavy atom. The highest BCUT2D eigenvalue weighted by atomic mass is 16.3. The average molecular weight is 422 g/mol. The van der Waals surface area contributed by atoms with E-state index >= 15 is 0 Å². The van der Waals surface area contributed by atoms with Gasteiger partial charge >= 0.3 is 0 Å². The molecule has 0 saturated carbocycles. The summed E-state index contributed by atoms with van der Waals surface area (Å²) in [5.74, 6) is -0.754. The minimum Gasteiger partial charge on any atom is -0.375 e. The van der Waals surface area contributed by atoms with Gasteiger partial charge in [0, 0.05) is 29.2 Å². The second-order valence-corrected chi connectivity index (χ2v) is 7.99. The molecule has 4 aromatic rings. The van der Waals surface area contributed by atoms with E-state index in [1.165, 1.54) is 0 Å². The first-order valence-electron chi connectivity index (χ1n) is 10.5. The summed E-state index contributed by atoms with van der Waals surface area (Å²) in [6.07, 6.45) is 3.54. The number of Topliss-reactive ketones (excluding diaryl/α,β-unsaturated/α-hetero) is 1. The Kier molecular flexibility index (Phi) is 4.96. The summed E-state index contributed by atoms with van der Waals surface area (Å²) in [6.45, 7) is 0.332. The number of carbonyl (C=O) groups excluding carboxylic acids is 2. The maximum atomic E-state index is 13.4. The predicted octanol–water partition coefficient (Wildman–Crippen LogP) is 4.48. The zero-order valence-corrected chi connectivity index (χ0v) is 17.4. The zero-order chi connectivity index (χ0) is 22.1. The first-order valence-corrected chi connectivity index (χ1v) is 10.5. The number of hydrogen-bond donors (Lipinski definition) is 1. The molecule has 1 aliphatic heterocycles. The van der Waals surface area contributed by atoms with Gasteiger partial charge in [-0.2, -0.15) is 0 Å². The standard InChI is InChI=1S/C27H22N2O3/c30-25(21-12-14-22(15-13-21)28-16-6-7-17-28)18-27(32)23-10-4-5-11-24(23)29(26(27)31)19-20-8-2-1-3-9-20/h1-17,32H,18-19H2/t27-/m0/s1. The van der Waals surface area contributed by atoms with Gasteiger partial charge in [-0.25, -0.2) is 0 Å². The molecule has 0 saturated heterocycles. The highest BCUT2D eigenvalue weighted by Crippen LogP contribution is 2.43. The van der Waals surface area contributed by atoms with E-state index in [2.05, 4.69) is 0 Å². The fourth-order valence-corrected chi connectivity index (χ4v) is 4.26. The molecule has 5 heteroatoms. The Bertz CT molecular complexity index is 1260. The van der Waals surface area contributed by atoms with Crippen molar-refractivity contribution in [3.05, 3.63) is 120 Å². The van der Waals surface area contributed by atoms with Gasteiger partial charge in [-0.05, 0) is 48.0 Å². The van der Waals surface area contributed by atoms with E-state index in [-0.39, 0.29) is 12.2 Å². The molecular formula is C27H22N2O3. The molecule has 5 rings (SSSR count). The fraction of sp³-hybridized carbons (Fsp3) is 0.111. The second-order valence-electron chi connectivity index (χ2n) is 7.99. The van der Waals surface area contributed by atoms with Crippen molar-refractivity contribution in [2.45, 2.75) is 18.6 Å². The molecule has 158 valence electrons. The summed E-state index contributed by atoms with van der Waals surface area (Å²) < 4.78 is 1.94. The van der Waals surface area contributed by atoms with E-state index in [0.717, 1.165) is 11.3 Å². The maximum Gasteiger partial charge on any atom is 0.264 e. The van der Waals surface area contributed by atoms with Crippen LogP contribution in [0.1, 0.15) is 27.9 Å². The molecule has 0 bridgehead atoms. The number of aliphatic hydroxyl groups is 1. The highest BCUT2D eigenvalue weighted by molar-refractivity contribution is 6.10. The fourth-order valence-electron chi connectivity index (χ4n) is 4.26. The van der Waals surface area contributed by atoms with Crippen molar-refractivity contribution >= 4 is 17.4 Å². The lowest BCUT2D eigenvalue weighted by molar-refractivity contribution is -0.136. The number of anilines is 1. The van der Waals surface area contributed by atoms with Gasteiger partial charge in [-0.3, -0.25) is 9.59 Å². The third-order valence-corrected chi connectivity index (χ3v) is 5.93. The predicted molar refractivity (Wildman–Crippen MR) is 123 cm³/mol. The summed E-state index contributed by atoms with van der Waals surface area (Å²) >= 11 is 0. The third-order valence-electron chi connectivity index (χ3n) is 5.93. The van der Waals surface area contributed by atoms with Gasteiger partial charge in [-0.15, -0.1) is 0 Å². The Morgan fingerprint density at radius 3 is 2.19 bits per heavy atom. The summed E-state index contributed by atoms with van der Waals surface area (Å²) in [5.41, 5.74) is 1.56. The molecule has 0 aliphatic carbocycles.